The standard InChI is InChI=1S/C31H42N2O6S2/c1-5-18-12-14-20-22(16-18)40-28(26(20)30(36)38-7-3)32-24(34)10-9-11-25(35)33-29-27(31(37)39-8-4)21-15-13-19(6-2)17-23(21)41-29/h18-19H,5-17H2,1-4H3,(H,32,34)(H,33,35). The number of fused-ring (bicyclic) bond motifs is 2. The van der Waals surface area contributed by atoms with E-state index in [0.29, 0.717) is 39.4 Å². The Morgan fingerprint density at radius 2 is 1.12 bits per heavy atom. The molecule has 4 rings (SSSR count). The molecule has 0 spiro atoms. The van der Waals surface area contributed by atoms with E-state index in [4.69, 9.17) is 9.47 Å². The molecule has 0 saturated carbocycles. The van der Waals surface area contributed by atoms with E-state index in [2.05, 4.69) is 24.5 Å². The number of hydrogen-bond donors (Lipinski definition) is 2. The van der Waals surface area contributed by atoms with Gasteiger partial charge in [0.15, 0.2) is 0 Å². The van der Waals surface area contributed by atoms with Gasteiger partial charge in [0, 0.05) is 22.6 Å². The van der Waals surface area contributed by atoms with Crippen LogP contribution in [0.1, 0.15) is 114 Å². The van der Waals surface area contributed by atoms with E-state index in [1.54, 1.807) is 13.8 Å². The predicted molar refractivity (Wildman–Crippen MR) is 163 cm³/mol. The van der Waals surface area contributed by atoms with Crippen molar-refractivity contribution in [3.05, 3.63) is 32.0 Å². The lowest BCUT2D eigenvalue weighted by Crippen LogP contribution is -2.18. The van der Waals surface area contributed by atoms with E-state index in [-0.39, 0.29) is 37.9 Å². The van der Waals surface area contributed by atoms with Crippen LogP contribution in [-0.2, 0) is 44.7 Å². The van der Waals surface area contributed by atoms with Crippen LogP contribution in [0.2, 0.25) is 0 Å². The van der Waals surface area contributed by atoms with Gasteiger partial charge in [0.25, 0.3) is 0 Å². The van der Waals surface area contributed by atoms with Gasteiger partial charge < -0.3 is 20.1 Å². The van der Waals surface area contributed by atoms with Gasteiger partial charge in [-0.1, -0.05) is 26.7 Å². The first-order valence-corrected chi connectivity index (χ1v) is 16.7. The number of esters is 2. The van der Waals surface area contributed by atoms with Crippen LogP contribution in [0.5, 0.6) is 0 Å². The summed E-state index contributed by atoms with van der Waals surface area (Å²) in [5, 5.41) is 6.96. The molecule has 2 atom stereocenters. The summed E-state index contributed by atoms with van der Waals surface area (Å²) in [6, 6.07) is 0. The van der Waals surface area contributed by atoms with Gasteiger partial charge in [-0.25, -0.2) is 9.59 Å². The third kappa shape index (κ3) is 7.38. The first kappa shape index (κ1) is 31.2. The van der Waals surface area contributed by atoms with E-state index in [9.17, 15) is 19.2 Å². The van der Waals surface area contributed by atoms with E-state index < -0.39 is 11.9 Å². The van der Waals surface area contributed by atoms with E-state index in [1.807, 2.05) is 0 Å². The maximum Gasteiger partial charge on any atom is 0.341 e. The lowest BCUT2D eigenvalue weighted by Gasteiger charge is -2.20. The minimum atomic E-state index is -0.393. The number of carbonyl (C=O) groups is 4. The zero-order valence-electron chi connectivity index (χ0n) is 24.6. The summed E-state index contributed by atoms with van der Waals surface area (Å²) in [4.78, 5) is 53.6. The lowest BCUT2D eigenvalue weighted by molar-refractivity contribution is -0.117. The molecule has 0 aliphatic heterocycles. The Hall–Kier alpha value is -2.72. The maximum atomic E-state index is 12.9. The van der Waals surface area contributed by atoms with Gasteiger partial charge in [-0.2, -0.15) is 0 Å². The van der Waals surface area contributed by atoms with Crippen molar-refractivity contribution in [3.63, 3.8) is 0 Å². The second kappa shape index (κ2) is 14.4. The molecule has 2 heterocycles. The summed E-state index contributed by atoms with van der Waals surface area (Å²) in [5.41, 5.74) is 3.00. The summed E-state index contributed by atoms with van der Waals surface area (Å²) in [5.74, 6) is -0.0854. The number of rotatable bonds is 12. The molecule has 0 aromatic carbocycles. The quantitative estimate of drug-likeness (QED) is 0.255. The molecule has 2 aliphatic carbocycles. The van der Waals surface area contributed by atoms with Crippen LogP contribution in [0.15, 0.2) is 0 Å². The van der Waals surface area contributed by atoms with Crippen LogP contribution >= 0.6 is 22.7 Å². The van der Waals surface area contributed by atoms with E-state index in [0.717, 1.165) is 72.2 Å². The molecule has 2 unspecified atom stereocenters. The maximum absolute atomic E-state index is 12.9. The summed E-state index contributed by atoms with van der Waals surface area (Å²) < 4.78 is 10.6. The first-order valence-electron chi connectivity index (χ1n) is 15.0. The smallest absolute Gasteiger partial charge is 0.341 e. The minimum absolute atomic E-state index is 0.139. The molecular weight excluding hydrogens is 560 g/mol. The highest BCUT2D eigenvalue weighted by Gasteiger charge is 2.31. The highest BCUT2D eigenvalue weighted by atomic mass is 32.1. The van der Waals surface area contributed by atoms with Crippen LogP contribution in [-0.4, -0.2) is 37.0 Å². The summed E-state index contributed by atoms with van der Waals surface area (Å²) in [7, 11) is 0. The van der Waals surface area contributed by atoms with Crippen molar-refractivity contribution >= 4 is 56.4 Å². The number of amides is 2. The molecule has 41 heavy (non-hydrogen) atoms. The van der Waals surface area contributed by atoms with Crippen molar-refractivity contribution in [1.29, 1.82) is 0 Å². The van der Waals surface area contributed by atoms with Gasteiger partial charge in [0.1, 0.15) is 10.0 Å². The number of hydrogen-bond acceptors (Lipinski definition) is 8. The highest BCUT2D eigenvalue weighted by Crippen LogP contribution is 2.42. The van der Waals surface area contributed by atoms with Crippen LogP contribution in [0.25, 0.3) is 0 Å². The average Bonchev–Trinajstić information content (AvgIpc) is 3.49. The zero-order chi connectivity index (χ0) is 29.5. The number of carbonyl (C=O) groups excluding carboxylic acids is 4. The number of anilines is 2. The van der Waals surface area contributed by atoms with Gasteiger partial charge >= 0.3 is 11.9 Å². The number of ether oxygens (including phenoxy) is 2. The largest absolute Gasteiger partial charge is 0.462 e. The molecule has 0 radical (unpaired) electrons. The molecule has 0 fully saturated rings. The molecule has 224 valence electrons. The van der Waals surface area contributed by atoms with Gasteiger partial charge in [0.2, 0.25) is 11.8 Å². The van der Waals surface area contributed by atoms with Crippen LogP contribution < -0.4 is 10.6 Å². The van der Waals surface area contributed by atoms with Gasteiger partial charge in [-0.15, -0.1) is 22.7 Å². The topological polar surface area (TPSA) is 111 Å². The Balaban J connectivity index is 1.37. The molecule has 2 aromatic heterocycles. The molecule has 0 saturated heterocycles. The third-order valence-electron chi connectivity index (χ3n) is 8.16. The fourth-order valence-electron chi connectivity index (χ4n) is 5.81. The Kier molecular flexibility index (Phi) is 11.0. The molecule has 2 aromatic rings. The van der Waals surface area contributed by atoms with Gasteiger partial charge in [0.05, 0.1) is 24.3 Å². The summed E-state index contributed by atoms with van der Waals surface area (Å²) in [6.45, 7) is 8.45. The number of thiophene rings is 2. The first-order chi connectivity index (χ1) is 19.8. The fraction of sp³-hybridized carbons (Fsp3) is 0.613. The molecule has 2 aliphatic rings. The Morgan fingerprint density at radius 3 is 1.49 bits per heavy atom. The van der Waals surface area contributed by atoms with Crippen LogP contribution in [0.3, 0.4) is 0 Å². The van der Waals surface area contributed by atoms with E-state index >= 15 is 0 Å². The van der Waals surface area contributed by atoms with Gasteiger partial charge in [-0.3, -0.25) is 9.59 Å². The zero-order valence-corrected chi connectivity index (χ0v) is 26.2. The van der Waals surface area contributed by atoms with E-state index in [1.165, 1.54) is 22.7 Å². The fourth-order valence-corrected chi connectivity index (χ4v) is 8.54. The molecule has 2 N–H and O–H groups in total. The second-order valence-corrected chi connectivity index (χ2v) is 13.1. The number of nitrogens with one attached hydrogen (secondary N) is 2. The monoisotopic (exact) mass is 602 g/mol. The van der Waals surface area contributed by atoms with Crippen molar-refractivity contribution in [2.24, 2.45) is 11.8 Å². The van der Waals surface area contributed by atoms with Crippen molar-refractivity contribution in [1.82, 2.24) is 0 Å². The summed E-state index contributed by atoms with van der Waals surface area (Å²) >= 11 is 2.95. The highest BCUT2D eigenvalue weighted by molar-refractivity contribution is 7.17. The minimum Gasteiger partial charge on any atom is -0.462 e. The van der Waals surface area contributed by atoms with Crippen molar-refractivity contribution in [3.8, 4) is 0 Å². The van der Waals surface area contributed by atoms with Crippen molar-refractivity contribution < 1.29 is 28.7 Å². The predicted octanol–water partition coefficient (Wildman–Crippen LogP) is 6.94. The average molecular weight is 603 g/mol. The normalized spacial score (nSPS) is 17.8. The van der Waals surface area contributed by atoms with Crippen LogP contribution in [0, 0.1) is 11.8 Å². The van der Waals surface area contributed by atoms with Crippen LogP contribution in [0.4, 0.5) is 10.0 Å². The second-order valence-electron chi connectivity index (χ2n) is 10.8. The Morgan fingerprint density at radius 1 is 0.707 bits per heavy atom. The Labute approximate surface area is 250 Å². The summed E-state index contributed by atoms with van der Waals surface area (Å²) in [6.07, 6.45) is 8.30. The van der Waals surface area contributed by atoms with Gasteiger partial charge in [-0.05, 0) is 81.8 Å². The molecule has 0 bridgehead atoms. The Bertz CT molecular complexity index is 1180. The molecule has 2 amide bonds. The molecule has 8 nitrogen and oxygen atoms in total. The van der Waals surface area contributed by atoms with Crippen molar-refractivity contribution in [2.75, 3.05) is 23.8 Å². The lowest BCUT2D eigenvalue weighted by atomic mass is 9.85. The molecular formula is C31H42N2O6S2. The SMILES string of the molecule is CCOC(=O)c1c(NC(=O)CCCC(=O)Nc2sc3c(c2C(=O)OCC)CCC(CC)C3)sc2c1CCC(CC)C2. The van der Waals surface area contributed by atoms with Crippen molar-refractivity contribution in [2.45, 2.75) is 98.3 Å². The molecule has 10 heteroatoms. The third-order valence-corrected chi connectivity index (χ3v) is 10.5.